The predicted octanol–water partition coefficient (Wildman–Crippen LogP) is 4.30. The third kappa shape index (κ3) is 3.03. The van der Waals surface area contributed by atoms with E-state index >= 15 is 0 Å². The van der Waals surface area contributed by atoms with E-state index in [1.165, 1.54) is 11.1 Å². The molecule has 0 radical (unpaired) electrons. The molecule has 0 unspecified atom stereocenters. The molecule has 0 heterocycles. The Bertz CT molecular complexity index is 572. The van der Waals surface area contributed by atoms with Crippen LogP contribution in [0.4, 0.5) is 0 Å². The number of hydrogen-bond acceptors (Lipinski definition) is 2. The summed E-state index contributed by atoms with van der Waals surface area (Å²) in [6.07, 6.45) is 1.65. The van der Waals surface area contributed by atoms with Crippen molar-refractivity contribution < 1.29 is 9.22 Å². The molecular weight excluding hydrogens is 264 g/mol. The molecule has 0 fully saturated rings. The van der Waals surface area contributed by atoms with Crippen LogP contribution in [0.15, 0.2) is 23.8 Å². The van der Waals surface area contributed by atoms with Crippen LogP contribution in [-0.4, -0.2) is 14.6 Å². The van der Waals surface area contributed by atoms with Gasteiger partial charge in [-0.2, -0.15) is 0 Å². The zero-order valence-electron chi connectivity index (χ0n) is 13.3. The van der Waals surface area contributed by atoms with Crippen molar-refractivity contribution in [1.29, 1.82) is 0 Å². The minimum Gasteiger partial charge on any atom is -0.544 e. The van der Waals surface area contributed by atoms with E-state index in [4.69, 9.17) is 4.43 Å². The van der Waals surface area contributed by atoms with E-state index in [0.717, 1.165) is 23.2 Å². The van der Waals surface area contributed by atoms with Gasteiger partial charge in [-0.1, -0.05) is 39.0 Å². The summed E-state index contributed by atoms with van der Waals surface area (Å²) in [7, 11) is -1.72. The van der Waals surface area contributed by atoms with Gasteiger partial charge in [0, 0.05) is 17.6 Å². The van der Waals surface area contributed by atoms with E-state index in [-0.39, 0.29) is 5.41 Å². The van der Waals surface area contributed by atoms with Crippen LogP contribution in [0.2, 0.25) is 19.6 Å². The summed E-state index contributed by atoms with van der Waals surface area (Å²) in [5, 5.41) is 0. The lowest BCUT2D eigenvalue weighted by Crippen LogP contribution is -2.24. The highest BCUT2D eigenvalue weighted by Gasteiger charge is 2.28. The summed E-state index contributed by atoms with van der Waals surface area (Å²) >= 11 is 0. The highest BCUT2D eigenvalue weighted by atomic mass is 28.4. The molecule has 1 aliphatic rings. The van der Waals surface area contributed by atoms with E-state index in [1.807, 2.05) is 0 Å². The van der Waals surface area contributed by atoms with Crippen LogP contribution in [0.25, 0.3) is 5.76 Å². The summed E-state index contributed by atoms with van der Waals surface area (Å²) in [5.74, 6) is 0.814. The van der Waals surface area contributed by atoms with E-state index < -0.39 is 8.32 Å². The molecule has 0 aliphatic heterocycles. The molecule has 108 valence electrons. The predicted molar refractivity (Wildman–Crippen MR) is 86.3 cm³/mol. The molecule has 0 amide bonds. The van der Waals surface area contributed by atoms with Gasteiger partial charge in [-0.05, 0) is 36.2 Å². The zero-order valence-corrected chi connectivity index (χ0v) is 14.3. The third-order valence-electron chi connectivity index (χ3n) is 3.44. The van der Waals surface area contributed by atoms with Crippen molar-refractivity contribution in [3.05, 3.63) is 40.5 Å². The molecule has 1 aliphatic carbocycles. The number of aldehydes is 1. The molecular formula is C17H24O2Si. The number of hydrogen-bond donors (Lipinski definition) is 0. The Morgan fingerprint density at radius 3 is 2.35 bits per heavy atom. The third-order valence-corrected chi connectivity index (χ3v) is 4.26. The Labute approximate surface area is 123 Å². The van der Waals surface area contributed by atoms with Gasteiger partial charge in [0.05, 0.1) is 0 Å². The fraction of sp³-hybridized carbons (Fsp3) is 0.471. The first-order chi connectivity index (χ1) is 9.12. The number of allylic oxidation sites excluding steroid dienone is 1. The molecule has 2 rings (SSSR count). The minimum atomic E-state index is -1.72. The van der Waals surface area contributed by atoms with Crippen LogP contribution in [0.1, 0.15) is 37.5 Å². The fourth-order valence-corrected chi connectivity index (χ4v) is 3.26. The van der Waals surface area contributed by atoms with E-state index in [9.17, 15) is 4.79 Å². The molecule has 0 bridgehead atoms. The molecule has 1 aromatic carbocycles. The van der Waals surface area contributed by atoms with Crippen molar-refractivity contribution in [3.8, 4) is 0 Å². The first-order valence-corrected chi connectivity index (χ1v) is 10.5. The molecule has 0 saturated carbocycles. The average Bonchev–Trinajstić information content (AvgIpc) is 2.63. The Hall–Kier alpha value is -1.35. The molecule has 1 aromatic rings. The first kappa shape index (κ1) is 15.0. The average molecular weight is 288 g/mol. The second kappa shape index (κ2) is 4.88. The summed E-state index contributed by atoms with van der Waals surface area (Å²) in [6, 6.07) is 6.49. The molecule has 2 nitrogen and oxygen atoms in total. The van der Waals surface area contributed by atoms with Crippen molar-refractivity contribution in [2.75, 3.05) is 0 Å². The smallest absolute Gasteiger partial charge is 0.242 e. The van der Waals surface area contributed by atoms with Crippen LogP contribution in [-0.2, 0) is 21.1 Å². The summed E-state index contributed by atoms with van der Waals surface area (Å²) < 4.78 is 6.14. The second-order valence-electron chi connectivity index (χ2n) is 7.49. The quantitative estimate of drug-likeness (QED) is 0.612. The van der Waals surface area contributed by atoms with Gasteiger partial charge in [0.2, 0.25) is 8.32 Å². The largest absolute Gasteiger partial charge is 0.544 e. The van der Waals surface area contributed by atoms with E-state index in [0.29, 0.717) is 6.42 Å². The Morgan fingerprint density at radius 2 is 1.85 bits per heavy atom. The SMILES string of the molecule is CC(C)(C)c1ccc2c(c1)CC(C=O)=C2O[Si](C)(C)C. The summed E-state index contributed by atoms with van der Waals surface area (Å²) in [6.45, 7) is 13.0. The summed E-state index contributed by atoms with van der Waals surface area (Å²) in [5.41, 5.74) is 4.53. The van der Waals surface area contributed by atoms with Crippen molar-refractivity contribution in [3.63, 3.8) is 0 Å². The molecule has 0 N–H and O–H groups in total. The lowest BCUT2D eigenvalue weighted by molar-refractivity contribution is -0.104. The molecule has 20 heavy (non-hydrogen) atoms. The standard InChI is InChI=1S/C17H24O2Si/c1-17(2,3)14-7-8-15-12(10-14)9-13(11-18)16(15)19-20(4,5)6/h7-8,10-11H,9H2,1-6H3. The van der Waals surface area contributed by atoms with Crippen molar-refractivity contribution in [1.82, 2.24) is 0 Å². The molecule has 0 aromatic heterocycles. The highest BCUT2D eigenvalue weighted by molar-refractivity contribution is 6.70. The number of carbonyl (C=O) groups is 1. The maximum atomic E-state index is 11.3. The van der Waals surface area contributed by atoms with Crippen LogP contribution < -0.4 is 0 Å². The van der Waals surface area contributed by atoms with Gasteiger partial charge in [-0.3, -0.25) is 4.79 Å². The van der Waals surface area contributed by atoms with Gasteiger partial charge in [-0.15, -0.1) is 0 Å². The van der Waals surface area contributed by atoms with Gasteiger partial charge in [0.25, 0.3) is 0 Å². The van der Waals surface area contributed by atoms with E-state index in [2.05, 4.69) is 58.6 Å². The minimum absolute atomic E-state index is 0.124. The van der Waals surface area contributed by atoms with Crippen LogP contribution in [0.3, 0.4) is 0 Å². The number of benzene rings is 1. The lowest BCUT2D eigenvalue weighted by atomic mass is 9.85. The lowest BCUT2D eigenvalue weighted by Gasteiger charge is -2.23. The maximum Gasteiger partial charge on any atom is 0.242 e. The highest BCUT2D eigenvalue weighted by Crippen LogP contribution is 2.37. The van der Waals surface area contributed by atoms with Gasteiger partial charge < -0.3 is 4.43 Å². The van der Waals surface area contributed by atoms with Gasteiger partial charge in [0.15, 0.2) is 0 Å². The van der Waals surface area contributed by atoms with Crippen molar-refractivity contribution in [2.45, 2.75) is 52.2 Å². The Kier molecular flexibility index (Phi) is 3.67. The number of fused-ring (bicyclic) bond motifs is 1. The molecule has 0 atom stereocenters. The number of carbonyl (C=O) groups excluding carboxylic acids is 1. The van der Waals surface area contributed by atoms with Gasteiger partial charge >= 0.3 is 0 Å². The van der Waals surface area contributed by atoms with Gasteiger partial charge in [0.1, 0.15) is 12.0 Å². The monoisotopic (exact) mass is 288 g/mol. The zero-order chi connectivity index (χ0) is 15.1. The molecule has 0 saturated heterocycles. The Balaban J connectivity index is 2.44. The van der Waals surface area contributed by atoms with Crippen LogP contribution in [0, 0.1) is 0 Å². The molecule has 0 spiro atoms. The topological polar surface area (TPSA) is 26.3 Å². The van der Waals surface area contributed by atoms with Crippen LogP contribution >= 0.6 is 0 Å². The maximum absolute atomic E-state index is 11.3. The first-order valence-electron chi connectivity index (χ1n) is 7.13. The number of rotatable bonds is 3. The summed E-state index contributed by atoms with van der Waals surface area (Å²) in [4.78, 5) is 11.3. The molecule has 3 heteroatoms. The Morgan fingerprint density at radius 1 is 1.20 bits per heavy atom. The normalized spacial score (nSPS) is 15.3. The van der Waals surface area contributed by atoms with Crippen LogP contribution in [0.5, 0.6) is 0 Å². The fourth-order valence-electron chi connectivity index (χ4n) is 2.41. The van der Waals surface area contributed by atoms with Crippen molar-refractivity contribution >= 4 is 20.4 Å². The van der Waals surface area contributed by atoms with Crippen molar-refractivity contribution in [2.24, 2.45) is 0 Å². The van der Waals surface area contributed by atoms with Gasteiger partial charge in [-0.25, -0.2) is 0 Å². The second-order valence-corrected chi connectivity index (χ2v) is 11.9. The van der Waals surface area contributed by atoms with E-state index in [1.54, 1.807) is 0 Å².